The zero-order valence-corrected chi connectivity index (χ0v) is 20.8. The standard InChI is InChI=1S/C23H32ClN5O3S/c1-3-5-13-28-21(17-6-8-18(24)9-7-17)26-29(22(28)33)16-12-20(30)25-19-10-14-27(15-11-19)23(31)32-4-2/h6-9,19H,3-5,10-16H2,1-2H3,(H,25,30). The molecule has 0 spiro atoms. The minimum atomic E-state index is -0.285. The molecule has 1 aliphatic heterocycles. The highest BCUT2D eigenvalue weighted by atomic mass is 35.5. The fraction of sp³-hybridized carbons (Fsp3) is 0.565. The van der Waals surface area contributed by atoms with Gasteiger partial charge in [-0.3, -0.25) is 9.36 Å². The molecule has 1 fully saturated rings. The van der Waals surface area contributed by atoms with Gasteiger partial charge >= 0.3 is 6.09 Å². The summed E-state index contributed by atoms with van der Waals surface area (Å²) in [5, 5.41) is 8.47. The summed E-state index contributed by atoms with van der Waals surface area (Å²) in [6.45, 7) is 6.65. The number of carbonyl (C=O) groups is 2. The Morgan fingerprint density at radius 3 is 2.52 bits per heavy atom. The Bertz CT molecular complexity index is 997. The summed E-state index contributed by atoms with van der Waals surface area (Å²) in [7, 11) is 0. The third-order valence-electron chi connectivity index (χ3n) is 5.70. The first kappa shape index (κ1) is 25.2. The Morgan fingerprint density at radius 2 is 1.88 bits per heavy atom. The molecule has 3 rings (SSSR count). The number of rotatable bonds is 9. The number of benzene rings is 1. The molecule has 1 aliphatic rings. The van der Waals surface area contributed by atoms with Crippen molar-refractivity contribution in [3.05, 3.63) is 34.1 Å². The Balaban J connectivity index is 1.59. The van der Waals surface area contributed by atoms with Crippen molar-refractivity contribution in [2.45, 2.75) is 65.1 Å². The van der Waals surface area contributed by atoms with Crippen LogP contribution in [0.25, 0.3) is 11.4 Å². The van der Waals surface area contributed by atoms with E-state index in [0.717, 1.165) is 43.6 Å². The summed E-state index contributed by atoms with van der Waals surface area (Å²) >= 11 is 11.7. The van der Waals surface area contributed by atoms with Gasteiger partial charge in [0.15, 0.2) is 10.6 Å². The van der Waals surface area contributed by atoms with E-state index >= 15 is 0 Å². The number of amides is 2. The van der Waals surface area contributed by atoms with Gasteiger partial charge in [0, 0.05) is 42.7 Å². The molecule has 2 amide bonds. The molecule has 1 aromatic carbocycles. The first-order valence-corrected chi connectivity index (χ1v) is 12.4. The maximum absolute atomic E-state index is 12.6. The molecular formula is C23H32ClN5O3S. The second-order valence-corrected chi connectivity index (χ2v) is 8.92. The number of ether oxygens (including phenoxy) is 1. The second-order valence-electron chi connectivity index (χ2n) is 8.12. The van der Waals surface area contributed by atoms with Crippen molar-refractivity contribution >= 4 is 35.8 Å². The molecule has 33 heavy (non-hydrogen) atoms. The van der Waals surface area contributed by atoms with Crippen molar-refractivity contribution in [3.63, 3.8) is 0 Å². The minimum absolute atomic E-state index is 0.0392. The monoisotopic (exact) mass is 493 g/mol. The highest BCUT2D eigenvalue weighted by molar-refractivity contribution is 7.71. The van der Waals surface area contributed by atoms with E-state index in [4.69, 9.17) is 33.7 Å². The molecule has 0 bridgehead atoms. The Labute approximate surface area is 204 Å². The number of hydrogen-bond donors (Lipinski definition) is 1. The van der Waals surface area contributed by atoms with E-state index in [2.05, 4.69) is 12.2 Å². The molecule has 1 aromatic heterocycles. The van der Waals surface area contributed by atoms with Gasteiger partial charge in [0.05, 0.1) is 13.2 Å². The molecular weight excluding hydrogens is 462 g/mol. The van der Waals surface area contributed by atoms with Crippen molar-refractivity contribution in [3.8, 4) is 11.4 Å². The molecule has 0 radical (unpaired) electrons. The number of aromatic nitrogens is 3. The van der Waals surface area contributed by atoms with Crippen LogP contribution in [0.5, 0.6) is 0 Å². The quantitative estimate of drug-likeness (QED) is 0.514. The molecule has 2 aromatic rings. The zero-order valence-electron chi connectivity index (χ0n) is 19.3. The third-order valence-corrected chi connectivity index (χ3v) is 6.38. The topological polar surface area (TPSA) is 81.4 Å². The summed E-state index contributed by atoms with van der Waals surface area (Å²) in [5.74, 6) is 0.750. The maximum Gasteiger partial charge on any atom is 0.409 e. The third kappa shape index (κ3) is 6.80. The number of nitrogens with zero attached hydrogens (tertiary/aromatic N) is 4. The van der Waals surface area contributed by atoms with Gasteiger partial charge in [-0.1, -0.05) is 24.9 Å². The summed E-state index contributed by atoms with van der Waals surface area (Å²) < 4.78 is 9.42. The van der Waals surface area contributed by atoms with Crippen LogP contribution in [0, 0.1) is 4.77 Å². The lowest BCUT2D eigenvalue weighted by atomic mass is 10.1. The lowest BCUT2D eigenvalue weighted by Gasteiger charge is -2.31. The zero-order chi connectivity index (χ0) is 23.8. The van der Waals surface area contributed by atoms with E-state index in [1.54, 1.807) is 16.5 Å². The second kappa shape index (κ2) is 12.2. The fourth-order valence-electron chi connectivity index (χ4n) is 3.85. The Morgan fingerprint density at radius 1 is 1.18 bits per heavy atom. The average Bonchev–Trinajstić information content (AvgIpc) is 3.12. The molecule has 1 saturated heterocycles. The van der Waals surface area contributed by atoms with Gasteiger partial charge in [0.25, 0.3) is 0 Å². The predicted octanol–water partition coefficient (Wildman–Crippen LogP) is 4.66. The van der Waals surface area contributed by atoms with E-state index in [-0.39, 0.29) is 24.5 Å². The van der Waals surface area contributed by atoms with Gasteiger partial charge in [0.2, 0.25) is 5.91 Å². The SMILES string of the molecule is CCCCn1c(-c2ccc(Cl)cc2)nn(CCC(=O)NC2CCN(C(=O)OCC)CC2)c1=S. The molecule has 0 unspecified atom stereocenters. The van der Waals surface area contributed by atoms with Crippen LogP contribution >= 0.6 is 23.8 Å². The lowest BCUT2D eigenvalue weighted by Crippen LogP contribution is -2.46. The smallest absolute Gasteiger partial charge is 0.409 e. The van der Waals surface area contributed by atoms with Crippen molar-refractivity contribution < 1.29 is 14.3 Å². The van der Waals surface area contributed by atoms with Crippen molar-refractivity contribution in [1.82, 2.24) is 24.6 Å². The number of likely N-dealkylation sites (tertiary alicyclic amines) is 1. The van der Waals surface area contributed by atoms with E-state index in [1.807, 2.05) is 28.8 Å². The molecule has 0 atom stereocenters. The number of aryl methyl sites for hydroxylation is 1. The lowest BCUT2D eigenvalue weighted by molar-refractivity contribution is -0.122. The number of piperidine rings is 1. The molecule has 10 heteroatoms. The van der Waals surface area contributed by atoms with E-state index < -0.39 is 0 Å². The van der Waals surface area contributed by atoms with Crippen LogP contribution < -0.4 is 5.32 Å². The maximum atomic E-state index is 12.6. The van der Waals surface area contributed by atoms with Crippen LogP contribution in [-0.4, -0.2) is 57.0 Å². The van der Waals surface area contributed by atoms with Crippen LogP contribution in [0.2, 0.25) is 5.02 Å². The molecule has 8 nitrogen and oxygen atoms in total. The predicted molar refractivity (Wildman–Crippen MR) is 131 cm³/mol. The Hall–Kier alpha value is -2.39. The first-order valence-electron chi connectivity index (χ1n) is 11.6. The molecule has 0 saturated carbocycles. The molecule has 2 heterocycles. The number of carbonyl (C=O) groups excluding carboxylic acids is 2. The Kier molecular flexibility index (Phi) is 9.31. The average molecular weight is 494 g/mol. The minimum Gasteiger partial charge on any atom is -0.450 e. The van der Waals surface area contributed by atoms with Crippen molar-refractivity contribution in [1.29, 1.82) is 0 Å². The van der Waals surface area contributed by atoms with Crippen LogP contribution in [0.4, 0.5) is 4.79 Å². The van der Waals surface area contributed by atoms with Crippen molar-refractivity contribution in [2.75, 3.05) is 19.7 Å². The van der Waals surface area contributed by atoms with Gasteiger partial charge in [-0.15, -0.1) is 0 Å². The fourth-order valence-corrected chi connectivity index (χ4v) is 4.28. The van der Waals surface area contributed by atoms with Crippen LogP contribution in [-0.2, 0) is 22.6 Å². The highest BCUT2D eigenvalue weighted by Crippen LogP contribution is 2.22. The number of halogens is 1. The van der Waals surface area contributed by atoms with Crippen molar-refractivity contribution in [2.24, 2.45) is 0 Å². The molecule has 1 N–H and O–H groups in total. The first-order chi connectivity index (χ1) is 15.9. The van der Waals surface area contributed by atoms with Gasteiger partial charge in [-0.05, 0) is 62.7 Å². The number of unbranched alkanes of at least 4 members (excludes halogenated alkanes) is 1. The van der Waals surface area contributed by atoms with E-state index in [1.165, 1.54) is 0 Å². The van der Waals surface area contributed by atoms with E-state index in [0.29, 0.717) is 36.0 Å². The summed E-state index contributed by atoms with van der Waals surface area (Å²) in [5.41, 5.74) is 0.943. The van der Waals surface area contributed by atoms with Crippen LogP contribution in [0.15, 0.2) is 24.3 Å². The van der Waals surface area contributed by atoms with Gasteiger partial charge in [-0.25, -0.2) is 9.48 Å². The summed E-state index contributed by atoms with van der Waals surface area (Å²) in [6.07, 6.45) is 3.48. The van der Waals surface area contributed by atoms with Crippen LogP contribution in [0.3, 0.4) is 0 Å². The molecule has 0 aliphatic carbocycles. The summed E-state index contributed by atoms with van der Waals surface area (Å²) in [4.78, 5) is 26.1. The number of hydrogen-bond acceptors (Lipinski definition) is 5. The van der Waals surface area contributed by atoms with Gasteiger partial charge < -0.3 is 15.0 Å². The summed E-state index contributed by atoms with van der Waals surface area (Å²) in [6, 6.07) is 7.60. The normalized spacial score (nSPS) is 14.3. The van der Waals surface area contributed by atoms with Crippen LogP contribution in [0.1, 0.15) is 46.0 Å². The largest absolute Gasteiger partial charge is 0.450 e. The van der Waals surface area contributed by atoms with Gasteiger partial charge in [0.1, 0.15) is 0 Å². The van der Waals surface area contributed by atoms with Gasteiger partial charge in [-0.2, -0.15) is 5.10 Å². The molecule has 180 valence electrons. The highest BCUT2D eigenvalue weighted by Gasteiger charge is 2.24. The van der Waals surface area contributed by atoms with E-state index in [9.17, 15) is 9.59 Å². The number of nitrogens with one attached hydrogen (secondary N) is 1.